The number of hydrogen-bond acceptors (Lipinski definition) is 3. The number of rotatable bonds is 15. The molecular formula is C21H35NO3. The van der Waals surface area contributed by atoms with Gasteiger partial charge in [0.15, 0.2) is 0 Å². The van der Waals surface area contributed by atoms with E-state index in [1.807, 2.05) is 30.3 Å². The van der Waals surface area contributed by atoms with E-state index >= 15 is 0 Å². The van der Waals surface area contributed by atoms with Gasteiger partial charge in [0.2, 0.25) is 0 Å². The van der Waals surface area contributed by atoms with Crippen molar-refractivity contribution in [2.75, 3.05) is 6.54 Å². The van der Waals surface area contributed by atoms with Crippen molar-refractivity contribution in [3.05, 3.63) is 35.9 Å². The second kappa shape index (κ2) is 13.9. The van der Waals surface area contributed by atoms with Gasteiger partial charge in [-0.25, -0.2) is 0 Å². The van der Waals surface area contributed by atoms with Crippen LogP contribution < -0.4 is 5.32 Å². The molecule has 0 aliphatic rings. The Morgan fingerprint density at radius 1 is 1.00 bits per heavy atom. The quantitative estimate of drug-likeness (QED) is 0.402. The van der Waals surface area contributed by atoms with Crippen molar-refractivity contribution < 1.29 is 15.0 Å². The third-order valence-corrected chi connectivity index (χ3v) is 4.57. The lowest BCUT2D eigenvalue weighted by Crippen LogP contribution is -2.31. The summed E-state index contributed by atoms with van der Waals surface area (Å²) >= 11 is 0. The Balaban J connectivity index is 2.19. The number of aliphatic hydroxyl groups excluding tert-OH is 1. The lowest BCUT2D eigenvalue weighted by Gasteiger charge is -2.20. The molecule has 0 radical (unpaired) electrons. The van der Waals surface area contributed by atoms with Crippen LogP contribution in [-0.4, -0.2) is 28.8 Å². The lowest BCUT2D eigenvalue weighted by atomic mass is 10.0. The number of benzene rings is 1. The number of nitrogens with one attached hydrogen (secondary N) is 1. The first-order valence-corrected chi connectivity index (χ1v) is 9.81. The van der Waals surface area contributed by atoms with Crippen LogP contribution in [0.2, 0.25) is 0 Å². The Hall–Kier alpha value is -1.39. The lowest BCUT2D eigenvalue weighted by molar-refractivity contribution is -0.137. The van der Waals surface area contributed by atoms with E-state index in [0.717, 1.165) is 18.4 Å². The van der Waals surface area contributed by atoms with Crippen LogP contribution in [0.1, 0.15) is 82.7 Å². The van der Waals surface area contributed by atoms with Gasteiger partial charge in [0.1, 0.15) is 0 Å². The van der Waals surface area contributed by atoms with E-state index in [0.29, 0.717) is 6.54 Å². The Morgan fingerprint density at radius 2 is 1.60 bits per heavy atom. The van der Waals surface area contributed by atoms with Crippen molar-refractivity contribution in [1.82, 2.24) is 5.32 Å². The summed E-state index contributed by atoms with van der Waals surface area (Å²) in [4.78, 5) is 11.1. The maximum Gasteiger partial charge on any atom is 0.305 e. The molecule has 142 valence electrons. The highest BCUT2D eigenvalue weighted by molar-refractivity contribution is 5.67. The van der Waals surface area contributed by atoms with E-state index in [1.165, 1.54) is 44.9 Å². The third-order valence-electron chi connectivity index (χ3n) is 4.57. The molecule has 0 spiro atoms. The fraction of sp³-hybridized carbons (Fsp3) is 0.667. The van der Waals surface area contributed by atoms with Crippen LogP contribution in [0.4, 0.5) is 0 Å². The first-order chi connectivity index (χ1) is 12.1. The maximum absolute atomic E-state index is 11.1. The molecule has 0 aliphatic carbocycles. The van der Waals surface area contributed by atoms with Crippen LogP contribution in [0.5, 0.6) is 0 Å². The SMILES string of the molecule is CCCCCCCCCC[C@@H](O)CN[C@@H](CC(=O)O)c1ccccc1. The molecule has 0 aliphatic heterocycles. The Bertz CT molecular complexity index is 450. The maximum atomic E-state index is 11.1. The average Bonchev–Trinajstić information content (AvgIpc) is 2.61. The van der Waals surface area contributed by atoms with Crippen LogP contribution in [0.15, 0.2) is 30.3 Å². The molecule has 0 fully saturated rings. The van der Waals surface area contributed by atoms with Crippen molar-refractivity contribution in [2.45, 2.75) is 83.3 Å². The molecule has 0 unspecified atom stereocenters. The molecule has 0 bridgehead atoms. The molecule has 25 heavy (non-hydrogen) atoms. The average molecular weight is 350 g/mol. The van der Waals surface area contributed by atoms with Crippen molar-refractivity contribution in [3.8, 4) is 0 Å². The minimum Gasteiger partial charge on any atom is -0.481 e. The first-order valence-electron chi connectivity index (χ1n) is 9.81. The van der Waals surface area contributed by atoms with E-state index in [1.54, 1.807) is 0 Å². The van der Waals surface area contributed by atoms with Crippen LogP contribution >= 0.6 is 0 Å². The van der Waals surface area contributed by atoms with E-state index in [4.69, 9.17) is 5.11 Å². The Morgan fingerprint density at radius 3 is 2.20 bits per heavy atom. The van der Waals surface area contributed by atoms with Crippen LogP contribution in [-0.2, 0) is 4.79 Å². The number of carboxylic acid groups (broad SMARTS) is 1. The fourth-order valence-corrected chi connectivity index (χ4v) is 3.06. The van der Waals surface area contributed by atoms with Gasteiger partial charge in [0, 0.05) is 12.6 Å². The number of aliphatic hydroxyl groups is 1. The number of carboxylic acids is 1. The van der Waals surface area contributed by atoms with E-state index in [9.17, 15) is 9.90 Å². The molecule has 1 aromatic rings. The summed E-state index contributed by atoms with van der Waals surface area (Å²) in [6, 6.07) is 9.31. The second-order valence-electron chi connectivity index (χ2n) is 6.89. The summed E-state index contributed by atoms with van der Waals surface area (Å²) in [7, 11) is 0. The third kappa shape index (κ3) is 11.0. The number of unbranched alkanes of at least 4 members (excludes halogenated alkanes) is 7. The predicted octanol–water partition coefficient (Wildman–Crippen LogP) is 4.68. The van der Waals surface area contributed by atoms with Crippen LogP contribution in [0, 0.1) is 0 Å². The van der Waals surface area contributed by atoms with Gasteiger partial charge in [0.05, 0.1) is 12.5 Å². The van der Waals surface area contributed by atoms with Gasteiger partial charge in [-0.3, -0.25) is 4.79 Å². The predicted molar refractivity (Wildman–Crippen MR) is 103 cm³/mol. The molecule has 0 heterocycles. The smallest absolute Gasteiger partial charge is 0.305 e. The number of hydrogen-bond donors (Lipinski definition) is 3. The first kappa shape index (κ1) is 21.7. The molecule has 0 aromatic heterocycles. The molecule has 1 aromatic carbocycles. The molecule has 4 nitrogen and oxygen atoms in total. The molecule has 0 amide bonds. The zero-order chi connectivity index (χ0) is 18.3. The molecule has 3 N–H and O–H groups in total. The summed E-state index contributed by atoms with van der Waals surface area (Å²) < 4.78 is 0. The van der Waals surface area contributed by atoms with Crippen molar-refractivity contribution >= 4 is 5.97 Å². The van der Waals surface area contributed by atoms with Gasteiger partial charge in [-0.1, -0.05) is 88.6 Å². The molecule has 0 saturated carbocycles. The Kier molecular flexibility index (Phi) is 12.0. The van der Waals surface area contributed by atoms with Crippen molar-refractivity contribution in [2.24, 2.45) is 0 Å². The standard InChI is InChI=1S/C21H35NO3/c1-2-3-4-5-6-7-8-12-15-19(23)17-22-20(16-21(24)25)18-13-10-9-11-14-18/h9-11,13-14,19-20,22-23H,2-8,12,15-17H2,1H3,(H,24,25)/t19-,20+/m1/s1. The van der Waals surface area contributed by atoms with Crippen LogP contribution in [0.3, 0.4) is 0 Å². The van der Waals surface area contributed by atoms with E-state index < -0.39 is 12.1 Å². The highest BCUT2D eigenvalue weighted by atomic mass is 16.4. The summed E-state index contributed by atoms with van der Waals surface area (Å²) in [5, 5.41) is 22.4. The number of aliphatic carboxylic acids is 1. The van der Waals surface area contributed by atoms with Gasteiger partial charge in [-0.15, -0.1) is 0 Å². The van der Waals surface area contributed by atoms with Crippen molar-refractivity contribution in [1.29, 1.82) is 0 Å². The van der Waals surface area contributed by atoms with Gasteiger partial charge in [-0.2, -0.15) is 0 Å². The van der Waals surface area contributed by atoms with Crippen molar-refractivity contribution in [3.63, 3.8) is 0 Å². The molecule has 0 saturated heterocycles. The molecule has 2 atom stereocenters. The highest BCUT2D eigenvalue weighted by Crippen LogP contribution is 2.17. The molecule has 4 heteroatoms. The summed E-state index contributed by atoms with van der Waals surface area (Å²) in [5.41, 5.74) is 0.948. The van der Waals surface area contributed by atoms with Crippen LogP contribution in [0.25, 0.3) is 0 Å². The minimum absolute atomic E-state index is 0.0223. The fourth-order valence-electron chi connectivity index (χ4n) is 3.06. The largest absolute Gasteiger partial charge is 0.481 e. The summed E-state index contributed by atoms with van der Waals surface area (Å²) in [6.07, 6.45) is 10.4. The minimum atomic E-state index is -0.834. The zero-order valence-corrected chi connectivity index (χ0v) is 15.6. The van der Waals surface area contributed by atoms with E-state index in [2.05, 4.69) is 12.2 Å². The zero-order valence-electron chi connectivity index (χ0n) is 15.6. The Labute approximate surface area is 152 Å². The molecule has 1 rings (SSSR count). The van der Waals surface area contributed by atoms with Gasteiger partial charge in [-0.05, 0) is 12.0 Å². The number of carbonyl (C=O) groups is 1. The molecular weight excluding hydrogens is 314 g/mol. The highest BCUT2D eigenvalue weighted by Gasteiger charge is 2.16. The van der Waals surface area contributed by atoms with Gasteiger partial charge < -0.3 is 15.5 Å². The topological polar surface area (TPSA) is 69.6 Å². The van der Waals surface area contributed by atoms with Gasteiger partial charge in [0.25, 0.3) is 0 Å². The normalized spacial score (nSPS) is 13.5. The monoisotopic (exact) mass is 349 g/mol. The summed E-state index contributed by atoms with van der Waals surface area (Å²) in [5.74, 6) is -0.834. The van der Waals surface area contributed by atoms with E-state index in [-0.39, 0.29) is 12.5 Å². The summed E-state index contributed by atoms with van der Waals surface area (Å²) in [6.45, 7) is 2.66. The van der Waals surface area contributed by atoms with Gasteiger partial charge >= 0.3 is 5.97 Å². The second-order valence-corrected chi connectivity index (χ2v) is 6.89.